The molecule has 0 amide bonds. The monoisotopic (exact) mass is 418 g/mol. The van der Waals surface area contributed by atoms with Crippen LogP contribution < -0.4 is 0 Å². The third kappa shape index (κ3) is 2.41. The summed E-state index contributed by atoms with van der Waals surface area (Å²) in [5.41, 5.74) is 7.72. The smallest absolute Gasteiger partial charge is 0.0622 e. The minimum atomic E-state index is -0.360. The van der Waals surface area contributed by atoms with Gasteiger partial charge in [-0.25, -0.2) is 0 Å². The molecule has 6 aromatic carbocycles. The van der Waals surface area contributed by atoms with Crippen molar-refractivity contribution in [3.8, 4) is 11.1 Å². The summed E-state index contributed by atoms with van der Waals surface area (Å²) < 4.78 is 0. The van der Waals surface area contributed by atoms with Crippen LogP contribution in [0, 0.1) is 0 Å². The molecule has 0 fully saturated rings. The molecule has 0 atom stereocenters. The van der Waals surface area contributed by atoms with Crippen molar-refractivity contribution in [2.75, 3.05) is 0 Å². The average molecular weight is 419 g/mol. The van der Waals surface area contributed by atoms with E-state index in [-0.39, 0.29) is 5.41 Å². The van der Waals surface area contributed by atoms with Crippen LogP contribution in [0.4, 0.5) is 0 Å². The number of hydrogen-bond donors (Lipinski definition) is 0. The molecule has 1 aliphatic carbocycles. The van der Waals surface area contributed by atoms with Gasteiger partial charge in [0, 0.05) is 0 Å². The molecule has 1 aliphatic rings. The molecule has 0 bridgehead atoms. The van der Waals surface area contributed by atoms with Gasteiger partial charge in [-0.15, -0.1) is 0 Å². The Hall–Kier alpha value is -4.16. The summed E-state index contributed by atoms with van der Waals surface area (Å²) in [4.78, 5) is 0. The second kappa shape index (κ2) is 6.92. The first-order valence-corrected chi connectivity index (χ1v) is 11.5. The Morgan fingerprint density at radius 1 is 0.333 bits per heavy atom. The van der Waals surface area contributed by atoms with Gasteiger partial charge in [0.05, 0.1) is 5.41 Å². The van der Waals surface area contributed by atoms with E-state index < -0.39 is 0 Å². The first kappa shape index (κ1) is 18.4. The van der Waals surface area contributed by atoms with Gasteiger partial charge in [-0.3, -0.25) is 0 Å². The lowest BCUT2D eigenvalue weighted by Crippen LogP contribution is -2.28. The largest absolute Gasteiger partial charge is 0.0714 e. The Labute approximate surface area is 193 Å². The van der Waals surface area contributed by atoms with E-state index in [0.29, 0.717) is 0 Å². The van der Waals surface area contributed by atoms with Crippen LogP contribution in [-0.2, 0) is 5.41 Å². The summed E-state index contributed by atoms with van der Waals surface area (Å²) >= 11 is 0. The molecule has 154 valence electrons. The van der Waals surface area contributed by atoms with Crippen molar-refractivity contribution in [3.63, 3.8) is 0 Å². The maximum absolute atomic E-state index is 2.37. The Kier molecular flexibility index (Phi) is 3.86. The van der Waals surface area contributed by atoms with Crippen molar-refractivity contribution in [1.29, 1.82) is 0 Å². The van der Waals surface area contributed by atoms with Crippen molar-refractivity contribution in [2.45, 2.75) is 5.41 Å². The highest BCUT2D eigenvalue weighted by molar-refractivity contribution is 6.12. The summed E-state index contributed by atoms with van der Waals surface area (Å²) in [6.45, 7) is 0. The van der Waals surface area contributed by atoms with Crippen LogP contribution in [0.3, 0.4) is 0 Å². The summed E-state index contributed by atoms with van der Waals surface area (Å²) in [6.07, 6.45) is 0. The Balaban J connectivity index is 1.77. The first-order chi connectivity index (χ1) is 16.4. The Morgan fingerprint density at radius 3 is 1.18 bits per heavy atom. The predicted octanol–water partition coefficient (Wildman–Crippen LogP) is 8.36. The first-order valence-electron chi connectivity index (χ1n) is 11.5. The molecule has 0 unspecified atom stereocenters. The van der Waals surface area contributed by atoms with Gasteiger partial charge in [-0.1, -0.05) is 133 Å². The summed E-state index contributed by atoms with van der Waals surface area (Å²) in [5.74, 6) is 0. The van der Waals surface area contributed by atoms with E-state index in [1.807, 2.05) is 0 Å². The van der Waals surface area contributed by atoms with E-state index in [9.17, 15) is 0 Å². The standard InChI is InChI=1S/C33H22/c1-3-13-25(14-4-1)33(26-15-5-2-6-16-26)29-21-19-23-11-7-9-17-27(23)31(29)32-28-18-10-8-12-24(28)20-22-30(32)33/h1-22H. The fourth-order valence-electron chi connectivity index (χ4n) is 6.02. The topological polar surface area (TPSA) is 0 Å². The third-order valence-electron chi connectivity index (χ3n) is 7.33. The molecular weight excluding hydrogens is 396 g/mol. The van der Waals surface area contributed by atoms with E-state index >= 15 is 0 Å². The molecule has 0 heteroatoms. The average Bonchev–Trinajstić information content (AvgIpc) is 3.22. The second-order valence-corrected chi connectivity index (χ2v) is 8.90. The Bertz CT molecular complexity index is 1520. The van der Waals surface area contributed by atoms with Gasteiger partial charge in [0.25, 0.3) is 0 Å². The molecule has 6 aromatic rings. The maximum atomic E-state index is 2.37. The fourth-order valence-corrected chi connectivity index (χ4v) is 6.02. The van der Waals surface area contributed by atoms with Crippen LogP contribution in [-0.4, -0.2) is 0 Å². The molecule has 0 heterocycles. The highest BCUT2D eigenvalue weighted by atomic mass is 14.5. The van der Waals surface area contributed by atoms with Crippen LogP contribution >= 0.6 is 0 Å². The molecule has 0 spiro atoms. The van der Waals surface area contributed by atoms with Crippen molar-refractivity contribution in [2.24, 2.45) is 0 Å². The van der Waals surface area contributed by atoms with E-state index in [0.717, 1.165) is 0 Å². The van der Waals surface area contributed by atoms with Gasteiger partial charge >= 0.3 is 0 Å². The maximum Gasteiger partial charge on any atom is 0.0714 e. The molecule has 33 heavy (non-hydrogen) atoms. The quantitative estimate of drug-likeness (QED) is 0.265. The molecule has 0 aromatic heterocycles. The highest BCUT2D eigenvalue weighted by Crippen LogP contribution is 2.59. The third-order valence-corrected chi connectivity index (χ3v) is 7.33. The summed E-state index contributed by atoms with van der Waals surface area (Å²) in [6, 6.07) is 49.0. The number of fused-ring (bicyclic) bond motifs is 7. The second-order valence-electron chi connectivity index (χ2n) is 8.90. The molecule has 0 radical (unpaired) electrons. The van der Waals surface area contributed by atoms with Crippen LogP contribution in [0.2, 0.25) is 0 Å². The van der Waals surface area contributed by atoms with E-state index in [1.165, 1.54) is 54.9 Å². The van der Waals surface area contributed by atoms with Gasteiger partial charge in [-0.2, -0.15) is 0 Å². The number of hydrogen-bond acceptors (Lipinski definition) is 0. The minimum absolute atomic E-state index is 0.360. The van der Waals surface area contributed by atoms with Gasteiger partial charge in [0.1, 0.15) is 0 Å². The van der Waals surface area contributed by atoms with E-state index in [1.54, 1.807) is 0 Å². The molecular formula is C33H22. The zero-order chi connectivity index (χ0) is 21.8. The van der Waals surface area contributed by atoms with Crippen molar-refractivity contribution >= 4 is 21.5 Å². The van der Waals surface area contributed by atoms with E-state index in [4.69, 9.17) is 0 Å². The van der Waals surface area contributed by atoms with Gasteiger partial charge in [-0.05, 0) is 54.9 Å². The zero-order valence-electron chi connectivity index (χ0n) is 18.2. The number of rotatable bonds is 2. The lowest BCUT2D eigenvalue weighted by atomic mass is 9.67. The van der Waals surface area contributed by atoms with E-state index in [2.05, 4.69) is 133 Å². The molecule has 0 aliphatic heterocycles. The highest BCUT2D eigenvalue weighted by Gasteiger charge is 2.47. The van der Waals surface area contributed by atoms with Crippen LogP contribution in [0.25, 0.3) is 32.7 Å². The van der Waals surface area contributed by atoms with Gasteiger partial charge < -0.3 is 0 Å². The molecule has 0 N–H and O–H groups in total. The fraction of sp³-hybridized carbons (Fsp3) is 0.0303. The van der Waals surface area contributed by atoms with Crippen molar-refractivity contribution < 1.29 is 0 Å². The van der Waals surface area contributed by atoms with Crippen LogP contribution in [0.1, 0.15) is 22.3 Å². The summed E-state index contributed by atoms with van der Waals surface area (Å²) in [5, 5.41) is 5.21. The molecule has 7 rings (SSSR count). The van der Waals surface area contributed by atoms with Crippen LogP contribution in [0.5, 0.6) is 0 Å². The lowest BCUT2D eigenvalue weighted by Gasteiger charge is -2.34. The molecule has 0 nitrogen and oxygen atoms in total. The van der Waals surface area contributed by atoms with Gasteiger partial charge in [0.15, 0.2) is 0 Å². The van der Waals surface area contributed by atoms with Crippen molar-refractivity contribution in [1.82, 2.24) is 0 Å². The number of benzene rings is 6. The van der Waals surface area contributed by atoms with Gasteiger partial charge in [0.2, 0.25) is 0 Å². The SMILES string of the molecule is c1ccc(C2(c3ccccc3)c3ccc4ccccc4c3-c3c2ccc2ccccc32)cc1. The van der Waals surface area contributed by atoms with Crippen LogP contribution in [0.15, 0.2) is 133 Å². The summed E-state index contributed by atoms with van der Waals surface area (Å²) in [7, 11) is 0. The predicted molar refractivity (Wildman–Crippen MR) is 139 cm³/mol. The molecule has 0 saturated carbocycles. The van der Waals surface area contributed by atoms with Crippen molar-refractivity contribution in [3.05, 3.63) is 156 Å². The zero-order valence-corrected chi connectivity index (χ0v) is 18.2. The normalized spacial score (nSPS) is 13.7. The lowest BCUT2D eigenvalue weighted by molar-refractivity contribution is 0.770. The molecule has 0 saturated heterocycles. The Morgan fingerprint density at radius 2 is 0.727 bits per heavy atom. The minimum Gasteiger partial charge on any atom is -0.0622 e.